The van der Waals surface area contributed by atoms with Gasteiger partial charge in [0.2, 0.25) is 0 Å². The van der Waals surface area contributed by atoms with E-state index in [1.165, 1.54) is 19.2 Å². The van der Waals surface area contributed by atoms with E-state index in [0.29, 0.717) is 23.4 Å². The van der Waals surface area contributed by atoms with Crippen LogP contribution in [0.2, 0.25) is 0 Å². The molecular formula is C11H13FN2O2. The Hall–Kier alpha value is -1.91. The molecule has 86 valence electrons. The van der Waals surface area contributed by atoms with Crippen molar-refractivity contribution in [2.75, 3.05) is 7.11 Å². The SMILES string of the molecule is CCC(=NO)C(=NOC)c1ccc(F)cc1. The summed E-state index contributed by atoms with van der Waals surface area (Å²) in [6, 6.07) is 5.72. The zero-order valence-corrected chi connectivity index (χ0v) is 9.14. The molecule has 0 aromatic heterocycles. The average Bonchev–Trinajstić information content (AvgIpc) is 2.31. The maximum Gasteiger partial charge on any atom is 0.134 e. The summed E-state index contributed by atoms with van der Waals surface area (Å²) in [5.74, 6) is -0.334. The van der Waals surface area contributed by atoms with Gasteiger partial charge in [-0.1, -0.05) is 17.2 Å². The maximum absolute atomic E-state index is 12.8. The van der Waals surface area contributed by atoms with Crippen molar-refractivity contribution in [1.82, 2.24) is 0 Å². The molecule has 0 bridgehead atoms. The first-order valence-electron chi connectivity index (χ1n) is 4.81. The molecule has 1 aromatic carbocycles. The molecule has 0 radical (unpaired) electrons. The van der Waals surface area contributed by atoms with E-state index in [2.05, 4.69) is 15.1 Å². The molecule has 0 spiro atoms. The van der Waals surface area contributed by atoms with Crippen LogP contribution in [0.25, 0.3) is 0 Å². The number of hydrogen-bond donors (Lipinski definition) is 1. The number of hydrogen-bond acceptors (Lipinski definition) is 4. The summed E-state index contributed by atoms with van der Waals surface area (Å²) in [4.78, 5) is 4.68. The van der Waals surface area contributed by atoms with Crippen LogP contribution in [0.5, 0.6) is 0 Å². The summed E-state index contributed by atoms with van der Waals surface area (Å²) in [5.41, 5.74) is 1.42. The summed E-state index contributed by atoms with van der Waals surface area (Å²) in [6.07, 6.45) is 0.496. The van der Waals surface area contributed by atoms with Crippen LogP contribution in [0.1, 0.15) is 18.9 Å². The summed E-state index contributed by atoms with van der Waals surface area (Å²) in [6.45, 7) is 1.82. The van der Waals surface area contributed by atoms with E-state index >= 15 is 0 Å². The Bertz CT molecular complexity index is 399. The van der Waals surface area contributed by atoms with Crippen molar-refractivity contribution in [2.45, 2.75) is 13.3 Å². The van der Waals surface area contributed by atoms with Crippen LogP contribution in [0.3, 0.4) is 0 Å². The second kappa shape index (κ2) is 5.85. The lowest BCUT2D eigenvalue weighted by molar-refractivity contribution is 0.214. The zero-order valence-electron chi connectivity index (χ0n) is 9.14. The fraction of sp³-hybridized carbons (Fsp3) is 0.273. The Labute approximate surface area is 93.0 Å². The summed E-state index contributed by atoms with van der Waals surface area (Å²) >= 11 is 0. The van der Waals surface area contributed by atoms with E-state index in [0.717, 1.165) is 0 Å². The van der Waals surface area contributed by atoms with E-state index in [-0.39, 0.29) is 5.82 Å². The largest absolute Gasteiger partial charge is 0.411 e. The smallest absolute Gasteiger partial charge is 0.134 e. The van der Waals surface area contributed by atoms with Crippen molar-refractivity contribution in [3.05, 3.63) is 35.6 Å². The van der Waals surface area contributed by atoms with Gasteiger partial charge in [-0.25, -0.2) is 4.39 Å². The Balaban J connectivity index is 3.13. The van der Waals surface area contributed by atoms with Gasteiger partial charge in [-0.3, -0.25) is 0 Å². The second-order valence-corrected chi connectivity index (χ2v) is 3.03. The second-order valence-electron chi connectivity index (χ2n) is 3.03. The highest BCUT2D eigenvalue weighted by molar-refractivity contribution is 6.48. The van der Waals surface area contributed by atoms with Crippen LogP contribution >= 0.6 is 0 Å². The number of oxime groups is 2. The van der Waals surface area contributed by atoms with Gasteiger partial charge in [-0.05, 0) is 30.7 Å². The molecule has 5 heteroatoms. The first-order chi connectivity index (χ1) is 7.72. The van der Waals surface area contributed by atoms with Crippen LogP contribution < -0.4 is 0 Å². The predicted octanol–water partition coefficient (Wildman–Crippen LogP) is 2.42. The molecule has 0 heterocycles. The quantitative estimate of drug-likeness (QED) is 0.485. The number of halogens is 1. The minimum atomic E-state index is -0.334. The van der Waals surface area contributed by atoms with Gasteiger partial charge in [-0.2, -0.15) is 0 Å². The van der Waals surface area contributed by atoms with Crippen molar-refractivity contribution in [3.8, 4) is 0 Å². The monoisotopic (exact) mass is 224 g/mol. The molecule has 4 nitrogen and oxygen atoms in total. The third-order valence-corrected chi connectivity index (χ3v) is 2.03. The molecule has 0 saturated heterocycles. The summed E-state index contributed by atoms with van der Waals surface area (Å²) in [7, 11) is 1.40. The first kappa shape index (κ1) is 12.2. The molecule has 0 amide bonds. The number of rotatable bonds is 4. The van der Waals surface area contributed by atoms with Gasteiger partial charge in [-0.15, -0.1) is 0 Å². The molecule has 0 saturated carbocycles. The third kappa shape index (κ3) is 2.79. The van der Waals surface area contributed by atoms with E-state index in [4.69, 9.17) is 5.21 Å². The average molecular weight is 224 g/mol. The van der Waals surface area contributed by atoms with Gasteiger partial charge in [0.25, 0.3) is 0 Å². The zero-order chi connectivity index (χ0) is 12.0. The lowest BCUT2D eigenvalue weighted by Gasteiger charge is -2.05. The Morgan fingerprint density at radius 2 is 2.00 bits per heavy atom. The molecule has 0 aliphatic heterocycles. The van der Waals surface area contributed by atoms with Crippen molar-refractivity contribution >= 4 is 11.4 Å². The van der Waals surface area contributed by atoms with Crippen LogP contribution in [-0.4, -0.2) is 23.7 Å². The topological polar surface area (TPSA) is 54.2 Å². The van der Waals surface area contributed by atoms with Gasteiger partial charge < -0.3 is 10.0 Å². The number of benzene rings is 1. The van der Waals surface area contributed by atoms with Crippen LogP contribution in [-0.2, 0) is 4.84 Å². The van der Waals surface area contributed by atoms with Crippen LogP contribution in [0, 0.1) is 5.82 Å². The standard InChI is InChI=1S/C11H13FN2O2/c1-3-10(13-15)11(14-16-2)8-4-6-9(12)7-5-8/h4-7,15H,3H2,1-2H3. The van der Waals surface area contributed by atoms with Crippen LogP contribution in [0.15, 0.2) is 34.6 Å². The fourth-order valence-corrected chi connectivity index (χ4v) is 1.26. The minimum Gasteiger partial charge on any atom is -0.411 e. The normalized spacial score (nSPS) is 12.7. The van der Waals surface area contributed by atoms with Crippen molar-refractivity contribution in [1.29, 1.82) is 0 Å². The van der Waals surface area contributed by atoms with Gasteiger partial charge in [0.1, 0.15) is 24.4 Å². The third-order valence-electron chi connectivity index (χ3n) is 2.03. The van der Waals surface area contributed by atoms with Crippen molar-refractivity contribution in [3.63, 3.8) is 0 Å². The predicted molar refractivity (Wildman–Crippen MR) is 59.5 cm³/mol. The summed E-state index contributed by atoms with van der Waals surface area (Å²) in [5, 5.41) is 15.7. The molecule has 16 heavy (non-hydrogen) atoms. The van der Waals surface area contributed by atoms with Gasteiger partial charge >= 0.3 is 0 Å². The summed E-state index contributed by atoms with van der Waals surface area (Å²) < 4.78 is 12.8. The molecule has 0 unspecified atom stereocenters. The van der Waals surface area contributed by atoms with Crippen molar-refractivity contribution in [2.24, 2.45) is 10.3 Å². The molecule has 0 atom stereocenters. The highest BCUT2D eigenvalue weighted by atomic mass is 19.1. The Morgan fingerprint density at radius 3 is 2.44 bits per heavy atom. The van der Waals surface area contributed by atoms with E-state index < -0.39 is 0 Å². The van der Waals surface area contributed by atoms with Crippen molar-refractivity contribution < 1.29 is 14.4 Å². The fourth-order valence-electron chi connectivity index (χ4n) is 1.26. The molecule has 0 fully saturated rings. The molecule has 1 aromatic rings. The Kier molecular flexibility index (Phi) is 4.44. The highest BCUT2D eigenvalue weighted by Crippen LogP contribution is 2.07. The molecule has 0 aliphatic rings. The van der Waals surface area contributed by atoms with Gasteiger partial charge in [0.15, 0.2) is 0 Å². The van der Waals surface area contributed by atoms with E-state index in [9.17, 15) is 4.39 Å². The minimum absolute atomic E-state index is 0.334. The molecule has 1 rings (SSSR count). The number of nitrogens with zero attached hydrogens (tertiary/aromatic N) is 2. The van der Waals surface area contributed by atoms with Gasteiger partial charge in [0, 0.05) is 5.56 Å². The molecule has 1 N–H and O–H groups in total. The highest BCUT2D eigenvalue weighted by Gasteiger charge is 2.11. The maximum atomic E-state index is 12.8. The lowest BCUT2D eigenvalue weighted by atomic mass is 10.0. The van der Waals surface area contributed by atoms with Gasteiger partial charge in [0.05, 0.1) is 0 Å². The van der Waals surface area contributed by atoms with E-state index in [1.54, 1.807) is 12.1 Å². The first-order valence-corrected chi connectivity index (χ1v) is 4.81. The Morgan fingerprint density at radius 1 is 1.38 bits per heavy atom. The molecular weight excluding hydrogens is 211 g/mol. The lowest BCUT2D eigenvalue weighted by Crippen LogP contribution is -2.15. The molecule has 0 aliphatic carbocycles. The van der Waals surface area contributed by atoms with Crippen LogP contribution in [0.4, 0.5) is 4.39 Å². The van der Waals surface area contributed by atoms with E-state index in [1.807, 2.05) is 6.92 Å².